The Morgan fingerprint density at radius 2 is 1.63 bits per heavy atom. The number of likely N-dealkylation sites (tertiary alicyclic amines) is 1. The molecule has 0 spiro atoms. The molecule has 2 rings (SSSR count). The molecule has 0 aliphatic carbocycles. The second kappa shape index (κ2) is 4.46. The highest BCUT2D eigenvalue weighted by atomic mass is 32.1. The molecule has 2 aliphatic heterocycles. The summed E-state index contributed by atoms with van der Waals surface area (Å²) in [4.78, 5) is 25.4. The van der Waals surface area contributed by atoms with Crippen LogP contribution in [0, 0.1) is 0 Å². The van der Waals surface area contributed by atoms with E-state index >= 15 is 0 Å². The van der Waals surface area contributed by atoms with Gasteiger partial charge in [0.1, 0.15) is 0 Å². The molecule has 2 aliphatic rings. The first kappa shape index (κ1) is 14.8. The number of imide groups is 1. The van der Waals surface area contributed by atoms with Crippen molar-refractivity contribution in [3.63, 3.8) is 0 Å². The number of nitrogens with zero attached hydrogens (tertiary/aromatic N) is 2. The van der Waals surface area contributed by atoms with Gasteiger partial charge < -0.3 is 5.21 Å². The van der Waals surface area contributed by atoms with Crippen molar-refractivity contribution < 1.29 is 14.8 Å². The van der Waals surface area contributed by atoms with Gasteiger partial charge >= 0.3 is 0 Å². The van der Waals surface area contributed by atoms with Gasteiger partial charge in [-0.15, -0.1) is 0 Å². The zero-order valence-electron chi connectivity index (χ0n) is 11.9. The molecule has 0 bridgehead atoms. The van der Waals surface area contributed by atoms with Crippen LogP contribution < -0.4 is 0 Å². The second-order valence-electron chi connectivity index (χ2n) is 6.82. The van der Waals surface area contributed by atoms with Crippen molar-refractivity contribution in [3.8, 4) is 0 Å². The molecular weight excluding hydrogens is 264 g/mol. The van der Waals surface area contributed by atoms with Gasteiger partial charge in [0.05, 0.1) is 5.25 Å². The van der Waals surface area contributed by atoms with Gasteiger partial charge in [-0.05, 0) is 40.5 Å². The summed E-state index contributed by atoms with van der Waals surface area (Å²) < 4.78 is 0. The highest BCUT2D eigenvalue weighted by molar-refractivity contribution is 7.81. The lowest BCUT2D eigenvalue weighted by Gasteiger charge is -2.52. The van der Waals surface area contributed by atoms with Crippen LogP contribution in [-0.2, 0) is 9.59 Å². The Hall–Kier alpha value is -0.590. The minimum absolute atomic E-state index is 0.145. The molecule has 0 saturated carbocycles. The van der Waals surface area contributed by atoms with Crippen LogP contribution in [0.5, 0.6) is 0 Å². The quantitative estimate of drug-likeness (QED) is 0.566. The molecule has 108 valence electrons. The molecule has 2 amide bonds. The number of carbonyl (C=O) groups excluding carboxylic acids is 2. The molecule has 0 radical (unpaired) electrons. The molecule has 1 atom stereocenters. The van der Waals surface area contributed by atoms with Crippen molar-refractivity contribution in [1.29, 1.82) is 0 Å². The minimum atomic E-state index is -0.508. The predicted octanol–water partition coefficient (Wildman–Crippen LogP) is 1.45. The fourth-order valence-corrected chi connectivity index (χ4v) is 3.70. The van der Waals surface area contributed by atoms with Gasteiger partial charge in [-0.25, -0.2) is 0 Å². The molecule has 2 saturated heterocycles. The largest absolute Gasteiger partial charge is 0.313 e. The van der Waals surface area contributed by atoms with E-state index in [1.807, 2.05) is 27.7 Å². The lowest BCUT2D eigenvalue weighted by Crippen LogP contribution is -2.63. The van der Waals surface area contributed by atoms with E-state index < -0.39 is 16.3 Å². The maximum Gasteiger partial charge on any atom is 0.242 e. The van der Waals surface area contributed by atoms with Gasteiger partial charge in [-0.1, -0.05) is 0 Å². The highest BCUT2D eigenvalue weighted by Crippen LogP contribution is 2.40. The Kier molecular flexibility index (Phi) is 3.48. The maximum absolute atomic E-state index is 12.1. The van der Waals surface area contributed by atoms with Crippen LogP contribution in [0.15, 0.2) is 0 Å². The lowest BCUT2D eigenvalue weighted by molar-refractivity contribution is -0.250. The summed E-state index contributed by atoms with van der Waals surface area (Å²) in [5, 5.41) is 11.1. The van der Waals surface area contributed by atoms with Gasteiger partial charge in [0, 0.05) is 23.5 Å². The lowest BCUT2D eigenvalue weighted by atomic mass is 9.78. The smallest absolute Gasteiger partial charge is 0.242 e. The van der Waals surface area contributed by atoms with Crippen LogP contribution in [0.4, 0.5) is 0 Å². The van der Waals surface area contributed by atoms with Crippen LogP contribution in [0.3, 0.4) is 0 Å². The summed E-state index contributed by atoms with van der Waals surface area (Å²) in [7, 11) is 0. The highest BCUT2D eigenvalue weighted by Gasteiger charge is 2.50. The van der Waals surface area contributed by atoms with E-state index in [9.17, 15) is 14.8 Å². The van der Waals surface area contributed by atoms with E-state index in [-0.39, 0.29) is 24.3 Å². The standard InChI is InChI=1S/C13H22N2O3S/c1-12(2)6-8(7-13(3,4)15(12)18)14-10(16)5-9(19)11(14)17/h8-9,18-19H,5-7H2,1-4H3/t9-/m0/s1. The molecule has 0 unspecified atom stereocenters. The third kappa shape index (κ3) is 2.41. The summed E-state index contributed by atoms with van der Waals surface area (Å²) in [5.74, 6) is -0.343. The summed E-state index contributed by atoms with van der Waals surface area (Å²) in [6, 6.07) is -0.162. The molecule has 6 heteroatoms. The molecule has 1 N–H and O–H groups in total. The summed E-state index contributed by atoms with van der Waals surface area (Å²) in [6.07, 6.45) is 1.33. The van der Waals surface area contributed by atoms with Gasteiger partial charge in [0.2, 0.25) is 11.8 Å². The average Bonchev–Trinajstić information content (AvgIpc) is 2.49. The van der Waals surface area contributed by atoms with Gasteiger partial charge in [-0.3, -0.25) is 14.5 Å². The number of piperidine rings is 1. The molecule has 19 heavy (non-hydrogen) atoms. The Labute approximate surface area is 119 Å². The van der Waals surface area contributed by atoms with Crippen molar-refractivity contribution in [2.24, 2.45) is 0 Å². The predicted molar refractivity (Wildman–Crippen MR) is 74.0 cm³/mol. The van der Waals surface area contributed by atoms with Crippen LogP contribution >= 0.6 is 12.6 Å². The first-order valence-corrected chi connectivity index (χ1v) is 7.11. The maximum atomic E-state index is 12.1. The number of hydrogen-bond acceptors (Lipinski definition) is 5. The summed E-state index contributed by atoms with van der Waals surface area (Å²) in [5.41, 5.74) is -0.941. The van der Waals surface area contributed by atoms with Crippen molar-refractivity contribution in [2.45, 2.75) is 69.3 Å². The van der Waals surface area contributed by atoms with E-state index in [2.05, 4.69) is 12.6 Å². The number of thiol groups is 1. The van der Waals surface area contributed by atoms with Gasteiger partial charge in [-0.2, -0.15) is 17.7 Å². The first-order valence-electron chi connectivity index (χ1n) is 6.59. The Balaban J connectivity index is 2.27. The fourth-order valence-electron chi connectivity index (χ4n) is 3.42. The normalized spacial score (nSPS) is 32.1. The molecule has 0 aromatic rings. The van der Waals surface area contributed by atoms with Crippen molar-refractivity contribution in [2.75, 3.05) is 0 Å². The van der Waals surface area contributed by atoms with E-state index in [1.54, 1.807) is 0 Å². The van der Waals surface area contributed by atoms with E-state index in [1.165, 1.54) is 9.96 Å². The average molecular weight is 286 g/mol. The van der Waals surface area contributed by atoms with E-state index in [0.29, 0.717) is 12.8 Å². The Bertz CT molecular complexity index is 404. The van der Waals surface area contributed by atoms with Crippen LogP contribution in [0.2, 0.25) is 0 Å². The first-order chi connectivity index (χ1) is 8.56. The number of hydroxylamine groups is 2. The topological polar surface area (TPSA) is 60.9 Å². The zero-order valence-corrected chi connectivity index (χ0v) is 12.8. The van der Waals surface area contributed by atoms with Crippen LogP contribution in [0.25, 0.3) is 0 Å². The summed E-state index contributed by atoms with van der Waals surface area (Å²) in [6.45, 7) is 7.68. The molecule has 0 aromatic carbocycles. The second-order valence-corrected chi connectivity index (χ2v) is 7.44. The van der Waals surface area contributed by atoms with E-state index in [4.69, 9.17) is 0 Å². The third-order valence-electron chi connectivity index (χ3n) is 4.14. The number of amides is 2. The fraction of sp³-hybridized carbons (Fsp3) is 0.846. The number of carbonyl (C=O) groups is 2. The molecule has 2 heterocycles. The van der Waals surface area contributed by atoms with Crippen LogP contribution in [0.1, 0.15) is 47.0 Å². The Morgan fingerprint density at radius 1 is 1.16 bits per heavy atom. The van der Waals surface area contributed by atoms with Crippen molar-refractivity contribution in [1.82, 2.24) is 9.96 Å². The molecule has 2 fully saturated rings. The van der Waals surface area contributed by atoms with Crippen LogP contribution in [-0.4, -0.2) is 49.4 Å². The van der Waals surface area contributed by atoms with Crippen molar-refractivity contribution >= 4 is 24.4 Å². The van der Waals surface area contributed by atoms with Gasteiger partial charge in [0.25, 0.3) is 0 Å². The third-order valence-corrected chi connectivity index (χ3v) is 4.54. The monoisotopic (exact) mass is 286 g/mol. The van der Waals surface area contributed by atoms with Gasteiger partial charge in [0.15, 0.2) is 0 Å². The van der Waals surface area contributed by atoms with E-state index in [0.717, 1.165) is 0 Å². The molecule has 5 nitrogen and oxygen atoms in total. The number of hydrogen-bond donors (Lipinski definition) is 2. The minimum Gasteiger partial charge on any atom is -0.313 e. The molecule has 0 aromatic heterocycles. The molecular formula is C13H22N2O3S. The summed E-state index contributed by atoms with van der Waals surface area (Å²) >= 11 is 4.16. The Morgan fingerprint density at radius 3 is 2.00 bits per heavy atom. The SMILES string of the molecule is CC1(C)CC(N2C(=O)C[C@H](S)C2=O)CC(C)(C)N1O. The number of rotatable bonds is 1. The van der Waals surface area contributed by atoms with Crippen molar-refractivity contribution in [3.05, 3.63) is 0 Å². The zero-order chi connectivity index (χ0) is 14.6.